The number of aliphatic hydroxyl groups excluding tert-OH is 3. The highest BCUT2D eigenvalue weighted by Gasteiger charge is 2.47. The molecule has 2 aromatic heterocycles. The molecule has 2 heterocycles. The van der Waals surface area contributed by atoms with E-state index in [1.54, 1.807) is 0 Å². The maximum atomic E-state index is 12.3. The number of thioether (sulfide) groups is 1. The van der Waals surface area contributed by atoms with E-state index in [0.717, 1.165) is 31.6 Å². The number of hydrogen-bond acceptors (Lipinski definition) is 10. The summed E-state index contributed by atoms with van der Waals surface area (Å²) in [6, 6.07) is -0.660. The number of rotatable bonds is 11. The molecule has 31 heavy (non-hydrogen) atoms. The molecular formula is C19H31N7O4S. The minimum atomic E-state index is -1.25. The Morgan fingerprint density at radius 1 is 1.19 bits per heavy atom. The number of aliphatic hydroxyl groups is 3. The third kappa shape index (κ3) is 5.25. The van der Waals surface area contributed by atoms with Crippen LogP contribution in [-0.2, 0) is 4.79 Å². The highest BCUT2D eigenvalue weighted by molar-refractivity contribution is 7.99. The van der Waals surface area contributed by atoms with Gasteiger partial charge in [0.05, 0.1) is 24.7 Å². The highest BCUT2D eigenvalue weighted by atomic mass is 32.2. The Morgan fingerprint density at radius 2 is 2.00 bits per heavy atom. The van der Waals surface area contributed by atoms with E-state index in [1.165, 1.54) is 16.4 Å². The van der Waals surface area contributed by atoms with Crippen LogP contribution in [0.1, 0.15) is 45.6 Å². The van der Waals surface area contributed by atoms with Crippen molar-refractivity contribution in [2.75, 3.05) is 30.8 Å². The van der Waals surface area contributed by atoms with Crippen molar-refractivity contribution in [3.05, 3.63) is 0 Å². The van der Waals surface area contributed by atoms with Crippen molar-refractivity contribution < 1.29 is 20.1 Å². The Kier molecular flexibility index (Phi) is 8.41. The number of anilines is 1. The van der Waals surface area contributed by atoms with Crippen LogP contribution in [0.4, 0.5) is 5.82 Å². The van der Waals surface area contributed by atoms with Gasteiger partial charge in [-0.25, -0.2) is 14.6 Å². The van der Waals surface area contributed by atoms with Crippen molar-refractivity contribution in [2.45, 2.75) is 62.9 Å². The predicted octanol–water partition coefficient (Wildman–Crippen LogP) is 0.327. The Morgan fingerprint density at radius 3 is 2.71 bits per heavy atom. The van der Waals surface area contributed by atoms with Gasteiger partial charge in [-0.15, -0.1) is 5.10 Å². The number of hydrogen-bond donors (Lipinski definition) is 5. The third-order valence-corrected chi connectivity index (χ3v) is 6.33. The normalized spacial score (nSPS) is 23.4. The number of aromatic nitrogens is 5. The van der Waals surface area contributed by atoms with Crippen molar-refractivity contribution in [1.29, 1.82) is 0 Å². The molecule has 0 unspecified atom stereocenters. The molecule has 3 rings (SSSR count). The summed E-state index contributed by atoms with van der Waals surface area (Å²) in [6.07, 6.45) is 0.721. The Labute approximate surface area is 185 Å². The van der Waals surface area contributed by atoms with Crippen LogP contribution in [0.3, 0.4) is 0 Å². The van der Waals surface area contributed by atoms with E-state index in [4.69, 9.17) is 5.11 Å². The zero-order valence-corrected chi connectivity index (χ0v) is 18.7. The molecule has 2 aromatic rings. The molecule has 1 aliphatic carbocycles. The number of unbranched alkanes of at least 4 members (excludes halogenated alkanes) is 1. The van der Waals surface area contributed by atoms with Crippen LogP contribution in [0.15, 0.2) is 5.16 Å². The SMILES string of the molecule is CCCCNc1nc(SCCC)nc2c1nnn2[C@@H]1C[C@H](C(=O)NCCO)[C@@H](O)[C@H]1O. The molecule has 0 aliphatic heterocycles. The third-order valence-electron chi connectivity index (χ3n) is 5.28. The first-order valence-corrected chi connectivity index (χ1v) is 11.7. The quantitative estimate of drug-likeness (QED) is 0.182. The van der Waals surface area contributed by atoms with Crippen LogP contribution in [0.2, 0.25) is 0 Å². The number of fused-ring (bicyclic) bond motifs is 1. The van der Waals surface area contributed by atoms with Crippen LogP contribution in [-0.4, -0.2) is 83.8 Å². The van der Waals surface area contributed by atoms with Gasteiger partial charge in [0, 0.05) is 18.8 Å². The molecule has 0 radical (unpaired) electrons. The second-order valence-electron chi connectivity index (χ2n) is 7.60. The van der Waals surface area contributed by atoms with E-state index >= 15 is 0 Å². The first kappa shape index (κ1) is 23.6. The van der Waals surface area contributed by atoms with Crippen molar-refractivity contribution in [2.24, 2.45) is 5.92 Å². The molecule has 1 aliphatic rings. The minimum absolute atomic E-state index is 0.0904. The minimum Gasteiger partial charge on any atom is -0.395 e. The van der Waals surface area contributed by atoms with Gasteiger partial charge in [0.1, 0.15) is 6.10 Å². The number of nitrogens with zero attached hydrogens (tertiary/aromatic N) is 5. The van der Waals surface area contributed by atoms with E-state index < -0.39 is 30.1 Å². The smallest absolute Gasteiger partial charge is 0.225 e. The Bertz CT molecular complexity index is 880. The molecule has 5 N–H and O–H groups in total. The fraction of sp³-hybridized carbons (Fsp3) is 0.737. The van der Waals surface area contributed by atoms with E-state index in [1.807, 2.05) is 0 Å². The average molecular weight is 454 g/mol. The number of carbonyl (C=O) groups excluding carboxylic acids is 1. The van der Waals surface area contributed by atoms with Crippen molar-refractivity contribution in [3.63, 3.8) is 0 Å². The molecule has 1 amide bonds. The molecule has 0 bridgehead atoms. The van der Waals surface area contributed by atoms with Gasteiger partial charge in [-0.1, -0.05) is 37.2 Å². The van der Waals surface area contributed by atoms with Crippen molar-refractivity contribution in [3.8, 4) is 0 Å². The predicted molar refractivity (Wildman–Crippen MR) is 117 cm³/mol. The lowest BCUT2D eigenvalue weighted by molar-refractivity contribution is -0.129. The average Bonchev–Trinajstić information content (AvgIpc) is 3.32. The lowest BCUT2D eigenvalue weighted by atomic mass is 10.0. The fourth-order valence-electron chi connectivity index (χ4n) is 3.62. The monoisotopic (exact) mass is 453 g/mol. The Hall–Kier alpha value is -2.02. The lowest BCUT2D eigenvalue weighted by Gasteiger charge is -2.17. The topological polar surface area (TPSA) is 158 Å². The number of carbonyl (C=O) groups is 1. The summed E-state index contributed by atoms with van der Waals surface area (Å²) in [5, 5.41) is 44.9. The summed E-state index contributed by atoms with van der Waals surface area (Å²) in [6.45, 7) is 4.82. The summed E-state index contributed by atoms with van der Waals surface area (Å²) < 4.78 is 1.49. The molecule has 1 saturated carbocycles. The van der Waals surface area contributed by atoms with Gasteiger partial charge in [-0.2, -0.15) is 0 Å². The first-order chi connectivity index (χ1) is 15.0. The summed E-state index contributed by atoms with van der Waals surface area (Å²) in [4.78, 5) is 21.5. The van der Waals surface area contributed by atoms with Crippen LogP contribution in [0, 0.1) is 5.92 Å². The van der Waals surface area contributed by atoms with Crippen molar-refractivity contribution in [1.82, 2.24) is 30.3 Å². The van der Waals surface area contributed by atoms with Crippen LogP contribution in [0.25, 0.3) is 11.2 Å². The molecule has 11 nitrogen and oxygen atoms in total. The van der Waals surface area contributed by atoms with Crippen LogP contribution >= 0.6 is 11.8 Å². The molecule has 0 spiro atoms. The molecular weight excluding hydrogens is 422 g/mol. The molecule has 4 atom stereocenters. The maximum absolute atomic E-state index is 12.3. The van der Waals surface area contributed by atoms with Gasteiger partial charge in [-0.3, -0.25) is 4.79 Å². The van der Waals surface area contributed by atoms with Crippen molar-refractivity contribution >= 4 is 34.7 Å². The largest absolute Gasteiger partial charge is 0.395 e. The molecule has 0 saturated heterocycles. The van der Waals surface area contributed by atoms with Gasteiger partial charge in [0.15, 0.2) is 22.1 Å². The summed E-state index contributed by atoms with van der Waals surface area (Å²) in [5.74, 6) is 0.222. The van der Waals surface area contributed by atoms with Gasteiger partial charge in [-0.05, 0) is 19.3 Å². The van der Waals surface area contributed by atoms with Crippen LogP contribution in [0.5, 0.6) is 0 Å². The fourth-order valence-corrected chi connectivity index (χ4v) is 4.31. The Balaban J connectivity index is 1.92. The van der Waals surface area contributed by atoms with Gasteiger partial charge >= 0.3 is 0 Å². The zero-order valence-electron chi connectivity index (χ0n) is 17.9. The molecule has 12 heteroatoms. The van der Waals surface area contributed by atoms with Gasteiger partial charge < -0.3 is 26.0 Å². The molecule has 172 valence electrons. The number of amides is 1. The first-order valence-electron chi connectivity index (χ1n) is 10.8. The summed E-state index contributed by atoms with van der Waals surface area (Å²) in [5.41, 5.74) is 0.951. The molecule has 0 aromatic carbocycles. The van der Waals surface area contributed by atoms with Crippen LogP contribution < -0.4 is 10.6 Å². The van der Waals surface area contributed by atoms with Gasteiger partial charge in [0.2, 0.25) is 5.91 Å². The van der Waals surface area contributed by atoms with E-state index in [-0.39, 0.29) is 19.6 Å². The summed E-state index contributed by atoms with van der Waals surface area (Å²) >= 11 is 1.53. The highest BCUT2D eigenvalue weighted by Crippen LogP contribution is 2.37. The lowest BCUT2D eigenvalue weighted by Crippen LogP contribution is -2.39. The second-order valence-corrected chi connectivity index (χ2v) is 8.66. The zero-order chi connectivity index (χ0) is 22.4. The van der Waals surface area contributed by atoms with E-state index in [9.17, 15) is 15.0 Å². The van der Waals surface area contributed by atoms with E-state index in [0.29, 0.717) is 22.1 Å². The summed E-state index contributed by atoms with van der Waals surface area (Å²) in [7, 11) is 0. The number of nitrogens with one attached hydrogen (secondary N) is 2. The van der Waals surface area contributed by atoms with Gasteiger partial charge in [0.25, 0.3) is 0 Å². The maximum Gasteiger partial charge on any atom is 0.225 e. The standard InChI is InChI=1S/C19H31N7O4S/c1-3-5-6-20-16-13-17(23-19(22-16)31-9-4-2)26(25-24-13)12-10-11(14(28)15(12)29)18(30)21-7-8-27/h11-12,14-15,27-29H,3-10H2,1-2H3,(H,21,30)(H,20,22,23)/t11-,12+,14+,15-/m0/s1. The van der Waals surface area contributed by atoms with E-state index in [2.05, 4.69) is 44.8 Å². The second kappa shape index (κ2) is 11.0. The molecule has 1 fully saturated rings.